The van der Waals surface area contributed by atoms with Gasteiger partial charge >= 0.3 is 0 Å². The third-order valence-electron chi connectivity index (χ3n) is 3.46. The molecule has 0 bridgehead atoms. The minimum Gasteiger partial charge on any atom is -0.491 e. The van der Waals surface area contributed by atoms with E-state index in [1.165, 1.54) is 12.8 Å². The molecule has 0 aliphatic carbocycles. The van der Waals surface area contributed by atoms with Gasteiger partial charge in [-0.15, -0.1) is 12.4 Å². The van der Waals surface area contributed by atoms with E-state index < -0.39 is 0 Å². The van der Waals surface area contributed by atoms with Gasteiger partial charge in [-0.3, -0.25) is 4.79 Å². The Morgan fingerprint density at radius 2 is 2.09 bits per heavy atom. The highest BCUT2D eigenvalue weighted by Crippen LogP contribution is 2.08. The quantitative estimate of drug-likeness (QED) is 0.712. The van der Waals surface area contributed by atoms with E-state index in [0.29, 0.717) is 19.1 Å². The lowest BCUT2D eigenvalue weighted by atomic mass is 10.00. The van der Waals surface area contributed by atoms with Gasteiger partial charge in [-0.2, -0.15) is 0 Å². The zero-order valence-electron chi connectivity index (χ0n) is 12.8. The maximum absolute atomic E-state index is 11.6. The van der Waals surface area contributed by atoms with E-state index >= 15 is 0 Å². The molecule has 1 aliphatic rings. The van der Waals surface area contributed by atoms with Crippen molar-refractivity contribution < 1.29 is 14.3 Å². The van der Waals surface area contributed by atoms with Crippen molar-refractivity contribution in [2.45, 2.75) is 12.8 Å². The summed E-state index contributed by atoms with van der Waals surface area (Å²) in [4.78, 5) is 11.6. The van der Waals surface area contributed by atoms with Gasteiger partial charge < -0.3 is 20.1 Å². The zero-order chi connectivity index (χ0) is 14.8. The predicted molar refractivity (Wildman–Crippen MR) is 88.6 cm³/mol. The lowest BCUT2D eigenvalue weighted by Crippen LogP contribution is -2.39. The summed E-state index contributed by atoms with van der Waals surface area (Å²) >= 11 is 0. The molecule has 1 aromatic rings. The number of hydrogen-bond donors (Lipinski definition) is 2. The number of ether oxygens (including phenoxy) is 2. The van der Waals surface area contributed by atoms with Crippen LogP contribution in [0.4, 0.5) is 0 Å². The van der Waals surface area contributed by atoms with Crippen LogP contribution in [-0.2, 0) is 9.53 Å². The van der Waals surface area contributed by atoms with Gasteiger partial charge in [0.1, 0.15) is 19.0 Å². The minimum atomic E-state index is -0.0553. The maximum Gasteiger partial charge on any atom is 0.246 e. The highest BCUT2D eigenvalue weighted by atomic mass is 35.5. The third-order valence-corrected chi connectivity index (χ3v) is 3.46. The Balaban J connectivity index is 0.00000242. The van der Waals surface area contributed by atoms with Gasteiger partial charge in [0.05, 0.1) is 6.61 Å². The molecule has 1 aromatic carbocycles. The monoisotopic (exact) mass is 328 g/mol. The van der Waals surface area contributed by atoms with Crippen molar-refractivity contribution in [2.75, 3.05) is 39.5 Å². The van der Waals surface area contributed by atoms with Crippen LogP contribution in [0.15, 0.2) is 30.3 Å². The summed E-state index contributed by atoms with van der Waals surface area (Å²) in [5, 5.41) is 6.25. The smallest absolute Gasteiger partial charge is 0.246 e. The van der Waals surface area contributed by atoms with E-state index in [-0.39, 0.29) is 24.9 Å². The molecule has 1 amide bonds. The van der Waals surface area contributed by atoms with E-state index in [1.54, 1.807) is 0 Å². The molecule has 0 radical (unpaired) electrons. The van der Waals surface area contributed by atoms with Crippen LogP contribution in [0.25, 0.3) is 0 Å². The first-order valence-electron chi connectivity index (χ1n) is 7.57. The fraction of sp³-hybridized carbons (Fsp3) is 0.562. The summed E-state index contributed by atoms with van der Waals surface area (Å²) in [6, 6.07) is 9.57. The second-order valence-corrected chi connectivity index (χ2v) is 5.23. The zero-order valence-corrected chi connectivity index (χ0v) is 13.6. The Hall–Kier alpha value is -1.30. The van der Waals surface area contributed by atoms with Gasteiger partial charge in [-0.25, -0.2) is 0 Å². The largest absolute Gasteiger partial charge is 0.491 e. The Kier molecular flexibility index (Phi) is 9.62. The van der Waals surface area contributed by atoms with Crippen molar-refractivity contribution in [1.29, 1.82) is 0 Å². The normalized spacial score (nSPS) is 17.4. The fourth-order valence-electron chi connectivity index (χ4n) is 2.31. The number of carbonyl (C=O) groups excluding carboxylic acids is 1. The Labute approximate surface area is 138 Å². The van der Waals surface area contributed by atoms with Crippen molar-refractivity contribution in [1.82, 2.24) is 10.6 Å². The van der Waals surface area contributed by atoms with Crippen molar-refractivity contribution in [3.8, 4) is 5.75 Å². The maximum atomic E-state index is 11.6. The topological polar surface area (TPSA) is 59.6 Å². The molecule has 0 spiro atoms. The molecule has 1 saturated heterocycles. The van der Waals surface area contributed by atoms with Crippen molar-refractivity contribution in [3.05, 3.63) is 30.3 Å². The Morgan fingerprint density at radius 1 is 1.27 bits per heavy atom. The molecule has 1 fully saturated rings. The van der Waals surface area contributed by atoms with E-state index in [2.05, 4.69) is 10.6 Å². The Bertz CT molecular complexity index is 411. The molecule has 2 rings (SSSR count). The molecular formula is C16H25ClN2O3. The lowest BCUT2D eigenvalue weighted by molar-refractivity contribution is -0.126. The number of benzene rings is 1. The molecule has 2 N–H and O–H groups in total. The van der Waals surface area contributed by atoms with Crippen LogP contribution in [-0.4, -0.2) is 45.4 Å². The fourth-order valence-corrected chi connectivity index (χ4v) is 2.31. The van der Waals surface area contributed by atoms with Gasteiger partial charge in [0, 0.05) is 6.54 Å². The van der Waals surface area contributed by atoms with Crippen LogP contribution in [0.5, 0.6) is 5.75 Å². The van der Waals surface area contributed by atoms with Gasteiger partial charge in [0.25, 0.3) is 0 Å². The van der Waals surface area contributed by atoms with Crippen LogP contribution in [0.1, 0.15) is 12.8 Å². The molecule has 1 atom stereocenters. The average Bonchev–Trinajstić information content (AvgIpc) is 2.54. The standard InChI is InChI=1S/C16H24N2O3.ClH/c19-16(18-12-14-5-4-8-17-11-14)13-20-9-10-21-15-6-2-1-3-7-15;/h1-3,6-7,14,17H,4-5,8-13H2,(H,18,19);1H. The number of piperidine rings is 1. The van der Waals surface area contributed by atoms with Gasteiger partial charge in [0.2, 0.25) is 5.91 Å². The van der Waals surface area contributed by atoms with Crippen LogP contribution in [0.2, 0.25) is 0 Å². The van der Waals surface area contributed by atoms with Crippen molar-refractivity contribution >= 4 is 18.3 Å². The average molecular weight is 329 g/mol. The first-order valence-corrected chi connectivity index (χ1v) is 7.57. The number of halogens is 1. The van der Waals surface area contributed by atoms with E-state index in [4.69, 9.17) is 9.47 Å². The van der Waals surface area contributed by atoms with Crippen LogP contribution in [0, 0.1) is 5.92 Å². The van der Waals surface area contributed by atoms with E-state index in [1.807, 2.05) is 30.3 Å². The third kappa shape index (κ3) is 7.64. The number of para-hydroxylation sites is 1. The van der Waals surface area contributed by atoms with Crippen molar-refractivity contribution in [2.24, 2.45) is 5.92 Å². The van der Waals surface area contributed by atoms with Gasteiger partial charge in [-0.1, -0.05) is 18.2 Å². The molecule has 1 unspecified atom stereocenters. The van der Waals surface area contributed by atoms with Crippen LogP contribution in [0.3, 0.4) is 0 Å². The molecule has 1 aliphatic heterocycles. The summed E-state index contributed by atoms with van der Waals surface area (Å²) in [6.45, 7) is 3.77. The predicted octanol–water partition coefficient (Wildman–Crippen LogP) is 1.62. The molecule has 5 nitrogen and oxygen atoms in total. The summed E-state index contributed by atoms with van der Waals surface area (Å²) in [5.74, 6) is 1.31. The molecule has 0 saturated carbocycles. The molecule has 1 heterocycles. The molecule has 6 heteroatoms. The molecular weight excluding hydrogens is 304 g/mol. The second kappa shape index (κ2) is 11.3. The summed E-state index contributed by atoms with van der Waals surface area (Å²) in [6.07, 6.45) is 2.37. The number of carbonyl (C=O) groups is 1. The lowest BCUT2D eigenvalue weighted by Gasteiger charge is -2.22. The number of hydrogen-bond acceptors (Lipinski definition) is 4. The number of nitrogens with one attached hydrogen (secondary N) is 2. The first-order chi connectivity index (χ1) is 10.3. The summed E-state index contributed by atoms with van der Waals surface area (Å²) in [5.41, 5.74) is 0. The van der Waals surface area contributed by atoms with Crippen molar-refractivity contribution in [3.63, 3.8) is 0 Å². The Morgan fingerprint density at radius 3 is 2.82 bits per heavy atom. The molecule has 0 aromatic heterocycles. The highest BCUT2D eigenvalue weighted by molar-refractivity contribution is 5.85. The minimum absolute atomic E-state index is 0. The number of amides is 1. The highest BCUT2D eigenvalue weighted by Gasteiger charge is 2.13. The van der Waals surface area contributed by atoms with Crippen LogP contribution >= 0.6 is 12.4 Å². The van der Waals surface area contributed by atoms with Gasteiger partial charge in [-0.05, 0) is 44.0 Å². The summed E-state index contributed by atoms with van der Waals surface area (Å²) in [7, 11) is 0. The van der Waals surface area contributed by atoms with E-state index in [9.17, 15) is 4.79 Å². The first kappa shape index (κ1) is 18.7. The van der Waals surface area contributed by atoms with Gasteiger partial charge in [0.15, 0.2) is 0 Å². The van der Waals surface area contributed by atoms with Crippen LogP contribution < -0.4 is 15.4 Å². The number of rotatable bonds is 8. The molecule has 124 valence electrons. The SMILES string of the molecule is Cl.O=C(COCCOc1ccccc1)NCC1CCCNC1. The molecule has 22 heavy (non-hydrogen) atoms. The summed E-state index contributed by atoms with van der Waals surface area (Å²) < 4.78 is 10.8. The van der Waals surface area contributed by atoms with E-state index in [0.717, 1.165) is 25.4 Å². The second-order valence-electron chi connectivity index (χ2n) is 5.23.